The van der Waals surface area contributed by atoms with E-state index in [1.165, 1.54) is 0 Å². The van der Waals surface area contributed by atoms with E-state index in [9.17, 15) is 4.55 Å². The molecule has 0 N–H and O–H groups in total. The second kappa shape index (κ2) is 5.01. The summed E-state index contributed by atoms with van der Waals surface area (Å²) in [6, 6.07) is 9.88. The Kier molecular flexibility index (Phi) is 3.91. The predicted octanol–water partition coefficient (Wildman–Crippen LogP) is 2.43. The lowest BCUT2D eigenvalue weighted by Crippen LogP contribution is -1.96. The van der Waals surface area contributed by atoms with Crippen LogP contribution in [0.15, 0.2) is 35.7 Å². The van der Waals surface area contributed by atoms with Gasteiger partial charge in [-0.1, -0.05) is 30.3 Å². The molecular weight excluding hydrogens is 168 g/mol. The quantitative estimate of drug-likeness (QED) is 0.655. The summed E-state index contributed by atoms with van der Waals surface area (Å²) in [5, 5.41) is 1.73. The van der Waals surface area contributed by atoms with Gasteiger partial charge in [-0.25, -0.2) is 0 Å². The molecule has 64 valence electrons. The Morgan fingerprint density at radius 2 is 2.00 bits per heavy atom. The van der Waals surface area contributed by atoms with Gasteiger partial charge < -0.3 is 4.55 Å². The molecule has 1 rings (SSSR count). The number of hydrogen-bond acceptors (Lipinski definition) is 1. The van der Waals surface area contributed by atoms with Crippen LogP contribution >= 0.6 is 0 Å². The molecule has 0 aromatic heterocycles. The van der Waals surface area contributed by atoms with Gasteiger partial charge in [-0.3, -0.25) is 0 Å². The second-order valence-corrected chi connectivity index (χ2v) is 3.99. The Hall–Kier alpha value is -0.730. The molecule has 0 bridgehead atoms. The summed E-state index contributed by atoms with van der Waals surface area (Å²) in [6.45, 7) is 1.91. The molecule has 2 heteroatoms. The van der Waals surface area contributed by atoms with Crippen LogP contribution in [0.25, 0.3) is 6.08 Å². The molecule has 12 heavy (non-hydrogen) atoms. The van der Waals surface area contributed by atoms with Gasteiger partial charge in [0, 0.05) is 0 Å². The maximum atomic E-state index is 11.0. The Morgan fingerprint density at radius 3 is 2.58 bits per heavy atom. The molecule has 0 aliphatic carbocycles. The van der Waals surface area contributed by atoms with Gasteiger partial charge in [0.05, 0.1) is 0 Å². The van der Waals surface area contributed by atoms with Crippen molar-refractivity contribution in [2.24, 2.45) is 0 Å². The molecule has 0 amide bonds. The number of benzene rings is 1. The van der Waals surface area contributed by atoms with Crippen molar-refractivity contribution in [1.82, 2.24) is 0 Å². The highest BCUT2D eigenvalue weighted by molar-refractivity contribution is 7.94. The topological polar surface area (TPSA) is 23.1 Å². The lowest BCUT2D eigenvalue weighted by atomic mass is 10.2. The zero-order chi connectivity index (χ0) is 8.81. The Bertz CT molecular complexity index is 243. The largest absolute Gasteiger partial charge is 0.612 e. The maximum absolute atomic E-state index is 11.0. The third kappa shape index (κ3) is 3.11. The van der Waals surface area contributed by atoms with E-state index in [4.69, 9.17) is 0 Å². The van der Waals surface area contributed by atoms with Gasteiger partial charge in [-0.05, 0) is 29.7 Å². The summed E-state index contributed by atoms with van der Waals surface area (Å²) in [5.74, 6) is 0.684. The summed E-state index contributed by atoms with van der Waals surface area (Å²) >= 11 is -0.808. The Labute approximate surface area is 76.3 Å². The second-order valence-electron chi connectivity index (χ2n) is 2.38. The Balaban J connectivity index is 2.58. The van der Waals surface area contributed by atoms with E-state index in [1.54, 1.807) is 5.41 Å². The molecule has 0 fully saturated rings. The fourth-order valence-corrected chi connectivity index (χ4v) is 1.32. The highest BCUT2D eigenvalue weighted by Crippen LogP contribution is 2.03. The molecule has 0 heterocycles. The molecule has 1 atom stereocenters. The minimum atomic E-state index is -0.808. The highest BCUT2D eigenvalue weighted by atomic mass is 32.2. The van der Waals surface area contributed by atoms with Gasteiger partial charge in [-0.15, -0.1) is 0 Å². The van der Waals surface area contributed by atoms with Gasteiger partial charge in [0.2, 0.25) is 0 Å². The zero-order valence-corrected chi connectivity index (χ0v) is 7.88. The van der Waals surface area contributed by atoms with Crippen LogP contribution in [0.4, 0.5) is 0 Å². The van der Waals surface area contributed by atoms with E-state index < -0.39 is 11.2 Å². The van der Waals surface area contributed by atoms with Crippen LogP contribution in [0.5, 0.6) is 0 Å². The fraction of sp³-hybridized carbons (Fsp3) is 0.200. The lowest BCUT2D eigenvalue weighted by Gasteiger charge is -1.99. The van der Waals surface area contributed by atoms with Crippen molar-refractivity contribution < 1.29 is 4.55 Å². The minimum absolute atomic E-state index is 0.684. The molecule has 1 aromatic rings. The first-order chi connectivity index (χ1) is 5.83. The molecular formula is C10H12OS. The zero-order valence-electron chi connectivity index (χ0n) is 7.07. The summed E-state index contributed by atoms with van der Waals surface area (Å²) in [7, 11) is 0. The van der Waals surface area contributed by atoms with Crippen molar-refractivity contribution in [3.8, 4) is 0 Å². The molecule has 0 saturated carbocycles. The van der Waals surface area contributed by atoms with Gasteiger partial charge in [0.25, 0.3) is 0 Å². The van der Waals surface area contributed by atoms with Gasteiger partial charge in [0.15, 0.2) is 0 Å². The van der Waals surface area contributed by atoms with E-state index in [-0.39, 0.29) is 0 Å². The average Bonchev–Trinajstić information content (AvgIpc) is 2.16. The third-order valence-electron chi connectivity index (χ3n) is 1.50. The first-order valence-corrected chi connectivity index (χ1v) is 5.31. The first kappa shape index (κ1) is 9.36. The molecule has 0 aliphatic heterocycles. The van der Waals surface area contributed by atoms with Crippen molar-refractivity contribution in [3.63, 3.8) is 0 Å². The summed E-state index contributed by atoms with van der Waals surface area (Å²) in [5.41, 5.74) is 1.10. The minimum Gasteiger partial charge on any atom is -0.612 e. The fourth-order valence-electron chi connectivity index (χ4n) is 0.815. The Morgan fingerprint density at radius 1 is 1.33 bits per heavy atom. The van der Waals surface area contributed by atoms with Gasteiger partial charge >= 0.3 is 0 Å². The van der Waals surface area contributed by atoms with Crippen molar-refractivity contribution in [2.45, 2.75) is 6.92 Å². The van der Waals surface area contributed by atoms with E-state index in [0.717, 1.165) is 5.56 Å². The van der Waals surface area contributed by atoms with Crippen LogP contribution in [0.2, 0.25) is 0 Å². The first-order valence-electron chi connectivity index (χ1n) is 3.93. The SMILES string of the molecule is CC[S+]([O-])C=Cc1ccccc1. The molecule has 0 saturated heterocycles. The van der Waals surface area contributed by atoms with E-state index in [0.29, 0.717) is 5.75 Å². The monoisotopic (exact) mass is 180 g/mol. The van der Waals surface area contributed by atoms with Crippen LogP contribution in [0, 0.1) is 0 Å². The van der Waals surface area contributed by atoms with Crippen LogP contribution in [0.1, 0.15) is 12.5 Å². The summed E-state index contributed by atoms with van der Waals surface area (Å²) in [4.78, 5) is 0. The van der Waals surface area contributed by atoms with Crippen molar-refractivity contribution >= 4 is 17.3 Å². The van der Waals surface area contributed by atoms with E-state index in [1.807, 2.05) is 43.3 Å². The van der Waals surface area contributed by atoms with Crippen LogP contribution in [0.3, 0.4) is 0 Å². The van der Waals surface area contributed by atoms with Crippen molar-refractivity contribution in [1.29, 1.82) is 0 Å². The van der Waals surface area contributed by atoms with Gasteiger partial charge in [-0.2, -0.15) is 0 Å². The predicted molar refractivity (Wildman–Crippen MR) is 54.2 cm³/mol. The van der Waals surface area contributed by atoms with Crippen LogP contribution < -0.4 is 0 Å². The van der Waals surface area contributed by atoms with E-state index >= 15 is 0 Å². The maximum Gasteiger partial charge on any atom is 0.117 e. The number of rotatable bonds is 3. The summed E-state index contributed by atoms with van der Waals surface area (Å²) in [6.07, 6.45) is 1.89. The van der Waals surface area contributed by atoms with Gasteiger partial charge in [0.1, 0.15) is 11.2 Å². The molecule has 1 unspecified atom stereocenters. The third-order valence-corrected chi connectivity index (χ3v) is 2.51. The molecule has 0 aliphatic rings. The standard InChI is InChI=1S/C10H12OS/c1-2-12(11)9-8-10-6-4-3-5-7-10/h3-9H,2H2,1H3. The normalized spacial score (nSPS) is 13.5. The molecule has 1 nitrogen and oxygen atoms in total. The molecule has 0 spiro atoms. The smallest absolute Gasteiger partial charge is 0.117 e. The summed E-state index contributed by atoms with van der Waals surface area (Å²) < 4.78 is 11.0. The molecule has 1 aromatic carbocycles. The number of hydrogen-bond donors (Lipinski definition) is 0. The van der Waals surface area contributed by atoms with Crippen molar-refractivity contribution in [2.75, 3.05) is 5.75 Å². The lowest BCUT2D eigenvalue weighted by molar-refractivity contribution is 0.605. The van der Waals surface area contributed by atoms with Crippen molar-refractivity contribution in [3.05, 3.63) is 41.3 Å². The van der Waals surface area contributed by atoms with Crippen LogP contribution in [-0.2, 0) is 11.2 Å². The highest BCUT2D eigenvalue weighted by Gasteiger charge is 1.93. The van der Waals surface area contributed by atoms with E-state index in [2.05, 4.69) is 0 Å². The average molecular weight is 180 g/mol. The molecule has 0 radical (unpaired) electrons. The van der Waals surface area contributed by atoms with Crippen LogP contribution in [-0.4, -0.2) is 10.3 Å².